The Morgan fingerprint density at radius 3 is 2.73 bits per heavy atom. The maximum Gasteiger partial charge on any atom is 0.419 e. The van der Waals surface area contributed by atoms with Crippen molar-refractivity contribution in [2.75, 3.05) is 31.1 Å². The van der Waals surface area contributed by atoms with E-state index in [9.17, 15) is 22.9 Å². The molecule has 3 rings (SSSR count). The number of halogens is 3. The number of carbonyl (C=O) groups excluding carboxylic acids is 1. The second-order valence-electron chi connectivity index (χ2n) is 6.98. The summed E-state index contributed by atoms with van der Waals surface area (Å²) in [7, 11) is 0. The van der Waals surface area contributed by atoms with Gasteiger partial charge in [0.25, 0.3) is 5.91 Å². The van der Waals surface area contributed by atoms with Crippen molar-refractivity contribution < 1.29 is 18.0 Å². The summed E-state index contributed by atoms with van der Waals surface area (Å²) in [4.78, 5) is 28.3. The van der Waals surface area contributed by atoms with E-state index in [1.54, 1.807) is 4.90 Å². The zero-order chi connectivity index (χ0) is 21.7. The topological polar surface area (TPSA) is 65.9 Å². The van der Waals surface area contributed by atoms with Crippen molar-refractivity contribution in [1.82, 2.24) is 9.29 Å². The number of nitrogens with zero attached hydrogens (tertiary/aromatic N) is 4. The van der Waals surface area contributed by atoms with Crippen LogP contribution < -0.4 is 4.90 Å². The standard InChI is InChI=1S/C20H21F3N4O2S/c1-14-5-6-16(12-15(14)13-18(28)25-29)30-27-9-3-8-26(10-11-27)19-17(20(21,22)23)4-2-7-24-19/h2,4-7,12H,3,8-11,13H2,1H3. The highest BCUT2D eigenvalue weighted by Gasteiger charge is 2.36. The van der Waals surface area contributed by atoms with Crippen LogP contribution in [0.2, 0.25) is 0 Å². The maximum absolute atomic E-state index is 13.3. The van der Waals surface area contributed by atoms with Crippen LogP contribution in [0.1, 0.15) is 23.1 Å². The highest BCUT2D eigenvalue weighted by Crippen LogP contribution is 2.36. The van der Waals surface area contributed by atoms with E-state index in [1.807, 2.05) is 25.1 Å². The molecule has 6 nitrogen and oxygen atoms in total. The summed E-state index contributed by atoms with van der Waals surface area (Å²) in [5.74, 6) is -0.754. The molecule has 1 fully saturated rings. The molecule has 1 aliphatic rings. The van der Waals surface area contributed by atoms with Crippen LogP contribution in [-0.4, -0.2) is 41.4 Å². The number of rotatable bonds is 5. The Balaban J connectivity index is 1.69. The molecule has 0 bridgehead atoms. The van der Waals surface area contributed by atoms with E-state index in [2.05, 4.69) is 14.5 Å². The van der Waals surface area contributed by atoms with Gasteiger partial charge in [-0.3, -0.25) is 4.79 Å². The lowest BCUT2D eigenvalue weighted by Gasteiger charge is -2.25. The molecule has 0 unspecified atom stereocenters. The van der Waals surface area contributed by atoms with Gasteiger partial charge in [-0.25, -0.2) is 9.29 Å². The normalized spacial score (nSPS) is 15.7. The molecule has 160 valence electrons. The predicted octanol–water partition coefficient (Wildman–Crippen LogP) is 4.46. The fourth-order valence-corrected chi connectivity index (χ4v) is 4.32. The highest BCUT2D eigenvalue weighted by molar-refractivity contribution is 7.97. The van der Waals surface area contributed by atoms with Gasteiger partial charge in [-0.05, 0) is 60.7 Å². The number of benzene rings is 1. The molecular formula is C20H21F3N4O2S. The number of carbonyl (C=O) groups is 1. The van der Waals surface area contributed by atoms with Crippen molar-refractivity contribution in [2.45, 2.75) is 30.8 Å². The van der Waals surface area contributed by atoms with Crippen LogP contribution in [0, 0.1) is 11.8 Å². The molecule has 0 radical (unpaired) electrons. The Labute approximate surface area is 176 Å². The van der Waals surface area contributed by atoms with E-state index in [0.717, 1.165) is 22.1 Å². The third-order valence-corrected chi connectivity index (χ3v) is 5.93. The third kappa shape index (κ3) is 5.57. The highest BCUT2D eigenvalue weighted by atomic mass is 32.2. The van der Waals surface area contributed by atoms with Gasteiger partial charge < -0.3 is 4.90 Å². The Hall–Kier alpha value is -2.46. The average molecular weight is 438 g/mol. The molecule has 1 saturated heterocycles. The molecule has 0 atom stereocenters. The van der Waals surface area contributed by atoms with Crippen LogP contribution in [0.4, 0.5) is 19.0 Å². The summed E-state index contributed by atoms with van der Waals surface area (Å²) < 4.78 is 42.1. The van der Waals surface area contributed by atoms with Crippen molar-refractivity contribution in [3.8, 4) is 0 Å². The largest absolute Gasteiger partial charge is 0.419 e. The van der Waals surface area contributed by atoms with Crippen molar-refractivity contribution in [3.05, 3.63) is 58.1 Å². The lowest BCUT2D eigenvalue weighted by molar-refractivity contribution is -0.137. The van der Waals surface area contributed by atoms with Crippen LogP contribution >= 0.6 is 11.9 Å². The number of aryl methyl sites for hydroxylation is 1. The molecule has 1 aromatic heterocycles. The zero-order valence-electron chi connectivity index (χ0n) is 16.4. The van der Waals surface area contributed by atoms with E-state index in [4.69, 9.17) is 0 Å². The smallest absolute Gasteiger partial charge is 0.355 e. The van der Waals surface area contributed by atoms with Gasteiger partial charge in [0, 0.05) is 42.4 Å². The number of anilines is 1. The van der Waals surface area contributed by atoms with Crippen molar-refractivity contribution in [2.24, 2.45) is 5.18 Å². The second kappa shape index (κ2) is 9.57. The van der Waals surface area contributed by atoms with Crippen molar-refractivity contribution in [1.29, 1.82) is 0 Å². The SMILES string of the molecule is Cc1ccc(SN2CCCN(c3ncccc3C(F)(F)F)CC2)cc1CC(=O)N=O. The third-order valence-electron chi connectivity index (χ3n) is 4.85. The maximum atomic E-state index is 13.3. The molecule has 0 spiro atoms. The van der Waals surface area contributed by atoms with Gasteiger partial charge >= 0.3 is 6.18 Å². The van der Waals surface area contributed by atoms with Crippen LogP contribution in [-0.2, 0) is 17.4 Å². The predicted molar refractivity (Wildman–Crippen MR) is 109 cm³/mol. The van der Waals surface area contributed by atoms with Gasteiger partial charge in [0.1, 0.15) is 5.82 Å². The van der Waals surface area contributed by atoms with Crippen LogP contribution in [0.15, 0.2) is 46.6 Å². The molecule has 10 heteroatoms. The Kier molecular flexibility index (Phi) is 7.09. The van der Waals surface area contributed by atoms with Crippen LogP contribution in [0.5, 0.6) is 0 Å². The van der Waals surface area contributed by atoms with Crippen molar-refractivity contribution >= 4 is 23.7 Å². The number of pyridine rings is 1. The van der Waals surface area contributed by atoms with E-state index >= 15 is 0 Å². The minimum Gasteiger partial charge on any atom is -0.355 e. The first-order valence-corrected chi connectivity index (χ1v) is 10.2. The first kappa shape index (κ1) is 22.2. The van der Waals surface area contributed by atoms with E-state index in [0.29, 0.717) is 32.6 Å². The molecule has 2 heterocycles. The quantitative estimate of drug-likeness (QED) is 0.507. The van der Waals surface area contributed by atoms with Gasteiger partial charge in [-0.1, -0.05) is 6.07 Å². The molecule has 30 heavy (non-hydrogen) atoms. The fraction of sp³-hybridized carbons (Fsp3) is 0.400. The molecule has 1 aromatic carbocycles. The summed E-state index contributed by atoms with van der Waals surface area (Å²) in [6.07, 6.45) is -2.42. The van der Waals surface area contributed by atoms with Gasteiger partial charge in [-0.2, -0.15) is 13.2 Å². The number of hydrogen-bond donors (Lipinski definition) is 0. The molecule has 0 saturated carbocycles. The molecule has 0 aliphatic carbocycles. The fourth-order valence-electron chi connectivity index (χ4n) is 3.31. The molecule has 1 amide bonds. The summed E-state index contributed by atoms with van der Waals surface area (Å²) >= 11 is 1.49. The summed E-state index contributed by atoms with van der Waals surface area (Å²) in [5, 5.41) is 2.45. The van der Waals surface area contributed by atoms with Crippen LogP contribution in [0.25, 0.3) is 0 Å². The summed E-state index contributed by atoms with van der Waals surface area (Å²) in [5.41, 5.74) is 0.917. The minimum absolute atomic E-state index is 0.0330. The summed E-state index contributed by atoms with van der Waals surface area (Å²) in [6, 6.07) is 8.01. The first-order chi connectivity index (χ1) is 14.3. The first-order valence-electron chi connectivity index (χ1n) is 9.43. The lowest BCUT2D eigenvalue weighted by Crippen LogP contribution is -2.30. The monoisotopic (exact) mass is 438 g/mol. The zero-order valence-corrected chi connectivity index (χ0v) is 17.2. The van der Waals surface area contributed by atoms with E-state index < -0.39 is 17.6 Å². The van der Waals surface area contributed by atoms with E-state index in [1.165, 1.54) is 24.2 Å². The molecular weight excluding hydrogens is 417 g/mol. The van der Waals surface area contributed by atoms with Gasteiger partial charge in [0.2, 0.25) is 0 Å². The summed E-state index contributed by atoms with van der Waals surface area (Å²) in [6.45, 7) is 4.01. The Bertz CT molecular complexity index is 923. The molecule has 2 aromatic rings. The van der Waals surface area contributed by atoms with Crippen molar-refractivity contribution in [3.63, 3.8) is 0 Å². The number of amides is 1. The number of alkyl halides is 3. The lowest BCUT2D eigenvalue weighted by atomic mass is 10.1. The molecule has 1 aliphatic heterocycles. The van der Waals surface area contributed by atoms with Gasteiger partial charge in [0.15, 0.2) is 0 Å². The van der Waals surface area contributed by atoms with Gasteiger partial charge in [0.05, 0.1) is 12.0 Å². The Morgan fingerprint density at radius 1 is 1.20 bits per heavy atom. The minimum atomic E-state index is -4.45. The number of nitroso groups, excluding NO2 is 1. The molecule has 0 N–H and O–H groups in total. The average Bonchev–Trinajstić information content (AvgIpc) is 2.95. The van der Waals surface area contributed by atoms with Gasteiger partial charge in [-0.15, -0.1) is 4.91 Å². The number of hydrogen-bond acceptors (Lipinski definition) is 6. The van der Waals surface area contributed by atoms with E-state index in [-0.39, 0.29) is 12.2 Å². The Morgan fingerprint density at radius 2 is 2.00 bits per heavy atom. The van der Waals surface area contributed by atoms with Crippen LogP contribution in [0.3, 0.4) is 0 Å². The second-order valence-corrected chi connectivity index (χ2v) is 8.15. The number of aromatic nitrogens is 1.